The summed E-state index contributed by atoms with van der Waals surface area (Å²) in [5, 5.41) is 0. The van der Waals surface area contributed by atoms with Gasteiger partial charge in [-0.1, -0.05) is 13.0 Å². The van der Waals surface area contributed by atoms with Crippen molar-refractivity contribution in [2.24, 2.45) is 0 Å². The van der Waals surface area contributed by atoms with Gasteiger partial charge in [0.1, 0.15) is 11.3 Å². The van der Waals surface area contributed by atoms with Crippen molar-refractivity contribution in [1.82, 2.24) is 0 Å². The SMILES string of the molecule is CCCOC(=O)c1cc(OC)c(OC)c(OC)c1CCc1ccc(OC)c(C(=O)OC)c1. The maximum atomic E-state index is 12.8. The zero-order chi connectivity index (χ0) is 23.7. The first kappa shape index (κ1) is 24.8. The number of esters is 2. The van der Waals surface area contributed by atoms with E-state index in [4.69, 9.17) is 28.4 Å². The van der Waals surface area contributed by atoms with Crippen LogP contribution in [0.2, 0.25) is 0 Å². The van der Waals surface area contributed by atoms with Gasteiger partial charge in [-0.05, 0) is 43.0 Å². The summed E-state index contributed by atoms with van der Waals surface area (Å²) in [5.41, 5.74) is 2.15. The molecule has 2 aromatic rings. The molecule has 0 saturated heterocycles. The number of benzene rings is 2. The van der Waals surface area contributed by atoms with E-state index in [1.165, 1.54) is 35.5 Å². The summed E-state index contributed by atoms with van der Waals surface area (Å²) in [6.45, 7) is 2.22. The maximum Gasteiger partial charge on any atom is 0.341 e. The van der Waals surface area contributed by atoms with Gasteiger partial charge in [-0.25, -0.2) is 9.59 Å². The summed E-state index contributed by atoms with van der Waals surface area (Å²) in [6, 6.07) is 6.88. The fourth-order valence-electron chi connectivity index (χ4n) is 3.37. The molecular formula is C24H30O8. The molecule has 0 aliphatic heterocycles. The molecule has 0 fully saturated rings. The van der Waals surface area contributed by atoms with Gasteiger partial charge < -0.3 is 28.4 Å². The molecule has 2 aromatic carbocycles. The van der Waals surface area contributed by atoms with E-state index in [0.717, 1.165) is 5.56 Å². The van der Waals surface area contributed by atoms with Gasteiger partial charge in [0.15, 0.2) is 11.5 Å². The van der Waals surface area contributed by atoms with E-state index >= 15 is 0 Å². The van der Waals surface area contributed by atoms with Crippen LogP contribution in [-0.4, -0.2) is 54.1 Å². The maximum absolute atomic E-state index is 12.8. The Morgan fingerprint density at radius 2 is 1.44 bits per heavy atom. The van der Waals surface area contributed by atoms with Crippen LogP contribution < -0.4 is 18.9 Å². The van der Waals surface area contributed by atoms with Crippen molar-refractivity contribution in [2.45, 2.75) is 26.2 Å². The number of carbonyl (C=O) groups excluding carboxylic acids is 2. The van der Waals surface area contributed by atoms with E-state index in [1.807, 2.05) is 13.0 Å². The lowest BCUT2D eigenvalue weighted by atomic mass is 9.96. The van der Waals surface area contributed by atoms with Gasteiger partial charge in [-0.3, -0.25) is 0 Å². The highest BCUT2D eigenvalue weighted by molar-refractivity contribution is 5.94. The fourth-order valence-corrected chi connectivity index (χ4v) is 3.37. The van der Waals surface area contributed by atoms with Crippen molar-refractivity contribution >= 4 is 11.9 Å². The number of carbonyl (C=O) groups is 2. The van der Waals surface area contributed by atoms with Crippen LogP contribution >= 0.6 is 0 Å². The Hall–Kier alpha value is -3.42. The molecule has 0 aliphatic rings. The summed E-state index contributed by atoms with van der Waals surface area (Å²) >= 11 is 0. The predicted octanol–water partition coefficient (Wildman–Crippen LogP) is 3.86. The molecule has 0 aromatic heterocycles. The van der Waals surface area contributed by atoms with Crippen molar-refractivity contribution in [3.05, 3.63) is 46.5 Å². The minimum Gasteiger partial charge on any atom is -0.496 e. The lowest BCUT2D eigenvalue weighted by molar-refractivity contribution is 0.0502. The molecule has 32 heavy (non-hydrogen) atoms. The molecule has 0 N–H and O–H groups in total. The minimum absolute atomic E-state index is 0.301. The lowest BCUT2D eigenvalue weighted by Crippen LogP contribution is -2.13. The first-order valence-corrected chi connectivity index (χ1v) is 10.2. The van der Waals surface area contributed by atoms with Crippen molar-refractivity contribution in [1.29, 1.82) is 0 Å². The van der Waals surface area contributed by atoms with Crippen LogP contribution in [0.15, 0.2) is 24.3 Å². The molecule has 0 saturated carbocycles. The molecule has 0 spiro atoms. The monoisotopic (exact) mass is 446 g/mol. The summed E-state index contributed by atoms with van der Waals surface area (Å²) in [5.74, 6) is 0.628. The van der Waals surface area contributed by atoms with E-state index in [-0.39, 0.29) is 0 Å². The molecule has 0 aliphatic carbocycles. The number of hydrogen-bond acceptors (Lipinski definition) is 8. The standard InChI is InChI=1S/C24H30O8/c1-7-12-32-24(26)17-14-20(28-3)22(30-5)21(29-4)16(17)10-8-15-9-11-19(27-2)18(13-15)23(25)31-6/h9,11,13-14H,7-8,10,12H2,1-6H3. The lowest BCUT2D eigenvalue weighted by Gasteiger charge is -2.19. The molecule has 0 atom stereocenters. The second kappa shape index (κ2) is 11.8. The highest BCUT2D eigenvalue weighted by Gasteiger charge is 2.25. The van der Waals surface area contributed by atoms with Crippen LogP contribution in [-0.2, 0) is 22.3 Å². The average molecular weight is 446 g/mol. The summed E-state index contributed by atoms with van der Waals surface area (Å²) < 4.78 is 31.9. The average Bonchev–Trinajstić information content (AvgIpc) is 2.83. The van der Waals surface area contributed by atoms with Crippen molar-refractivity contribution in [3.8, 4) is 23.0 Å². The van der Waals surface area contributed by atoms with Crippen molar-refractivity contribution in [3.63, 3.8) is 0 Å². The highest BCUT2D eigenvalue weighted by Crippen LogP contribution is 2.42. The van der Waals surface area contributed by atoms with Crippen LogP contribution in [0, 0.1) is 0 Å². The normalized spacial score (nSPS) is 10.3. The molecule has 2 rings (SSSR count). The van der Waals surface area contributed by atoms with Gasteiger partial charge in [-0.15, -0.1) is 0 Å². The zero-order valence-electron chi connectivity index (χ0n) is 19.4. The Morgan fingerprint density at radius 3 is 2.00 bits per heavy atom. The molecule has 0 heterocycles. The third-order valence-electron chi connectivity index (χ3n) is 4.92. The number of hydrogen-bond donors (Lipinski definition) is 0. The van der Waals surface area contributed by atoms with Crippen LogP contribution in [0.4, 0.5) is 0 Å². The molecule has 0 unspecified atom stereocenters. The fraction of sp³-hybridized carbons (Fsp3) is 0.417. The van der Waals surface area contributed by atoms with E-state index < -0.39 is 11.9 Å². The highest BCUT2D eigenvalue weighted by atomic mass is 16.5. The minimum atomic E-state index is -0.490. The molecule has 0 radical (unpaired) electrons. The van der Waals surface area contributed by atoms with Crippen molar-refractivity contribution in [2.75, 3.05) is 42.2 Å². The van der Waals surface area contributed by atoms with Crippen molar-refractivity contribution < 1.29 is 38.0 Å². The third-order valence-corrected chi connectivity index (χ3v) is 4.92. The van der Waals surface area contributed by atoms with Gasteiger partial charge in [0, 0.05) is 5.56 Å². The van der Waals surface area contributed by atoms with E-state index in [0.29, 0.717) is 65.6 Å². The molecular weight excluding hydrogens is 416 g/mol. The number of aryl methyl sites for hydroxylation is 1. The summed E-state index contributed by atoms with van der Waals surface area (Å²) in [4.78, 5) is 24.9. The van der Waals surface area contributed by atoms with Crippen LogP contribution in [0.5, 0.6) is 23.0 Å². The molecule has 0 amide bonds. The molecule has 174 valence electrons. The second-order valence-corrected chi connectivity index (χ2v) is 6.83. The van der Waals surface area contributed by atoms with Gasteiger partial charge in [0.05, 0.1) is 47.7 Å². The first-order valence-electron chi connectivity index (χ1n) is 10.2. The first-order chi connectivity index (χ1) is 15.4. The largest absolute Gasteiger partial charge is 0.496 e. The van der Waals surface area contributed by atoms with Crippen LogP contribution in [0.3, 0.4) is 0 Å². The van der Waals surface area contributed by atoms with E-state index in [1.54, 1.807) is 18.2 Å². The number of rotatable bonds is 11. The zero-order valence-corrected chi connectivity index (χ0v) is 19.4. The Bertz CT molecular complexity index is 952. The smallest absolute Gasteiger partial charge is 0.341 e. The topological polar surface area (TPSA) is 89.5 Å². The Labute approximate surface area is 188 Å². The van der Waals surface area contributed by atoms with Crippen LogP contribution in [0.1, 0.15) is 45.2 Å². The second-order valence-electron chi connectivity index (χ2n) is 6.83. The summed E-state index contributed by atoms with van der Waals surface area (Å²) in [6.07, 6.45) is 1.63. The third kappa shape index (κ3) is 5.43. The van der Waals surface area contributed by atoms with Gasteiger partial charge in [-0.2, -0.15) is 0 Å². The van der Waals surface area contributed by atoms with E-state index in [9.17, 15) is 9.59 Å². The van der Waals surface area contributed by atoms with Crippen LogP contribution in [0.25, 0.3) is 0 Å². The predicted molar refractivity (Wildman–Crippen MR) is 118 cm³/mol. The number of methoxy groups -OCH3 is 5. The Kier molecular flexibility index (Phi) is 9.19. The number of ether oxygens (including phenoxy) is 6. The van der Waals surface area contributed by atoms with Gasteiger partial charge >= 0.3 is 11.9 Å². The van der Waals surface area contributed by atoms with E-state index in [2.05, 4.69) is 0 Å². The molecule has 8 heteroatoms. The molecule has 8 nitrogen and oxygen atoms in total. The molecule has 0 bridgehead atoms. The van der Waals surface area contributed by atoms with Gasteiger partial charge in [0.25, 0.3) is 0 Å². The quantitative estimate of drug-likeness (QED) is 0.481. The Balaban J connectivity index is 2.49. The van der Waals surface area contributed by atoms with Gasteiger partial charge in [0.2, 0.25) is 5.75 Å². The summed E-state index contributed by atoms with van der Waals surface area (Å²) in [7, 11) is 7.31. The Morgan fingerprint density at radius 1 is 0.750 bits per heavy atom.